The molecule has 1 heterocycles. The van der Waals surface area contributed by atoms with E-state index in [9.17, 15) is 4.79 Å². The van der Waals surface area contributed by atoms with Crippen LogP contribution in [0.15, 0.2) is 12.1 Å². The van der Waals surface area contributed by atoms with E-state index in [1.807, 2.05) is 30.9 Å². The van der Waals surface area contributed by atoms with Gasteiger partial charge in [-0.2, -0.15) is 0 Å². The highest BCUT2D eigenvalue weighted by atomic mass is 16.2. The number of hydrogen-bond donors (Lipinski definition) is 1. The molecule has 0 radical (unpaired) electrons. The molecule has 2 N–H and O–H groups in total. The van der Waals surface area contributed by atoms with Crippen LogP contribution in [-0.2, 0) is 4.79 Å². The average Bonchev–Trinajstić information content (AvgIpc) is 2.54. The average molecular weight is 218 g/mol. The number of amides is 1. The summed E-state index contributed by atoms with van der Waals surface area (Å²) in [5, 5.41) is 0. The van der Waals surface area contributed by atoms with Gasteiger partial charge in [-0.1, -0.05) is 0 Å². The standard InChI is InChI=1S/C13H18N2O/c1-8-6-11(7-12(14)10(8)3)15-9(2)4-5-13(15)16/h6-7,9H,4-5,14H2,1-3H3. The second-order valence-electron chi connectivity index (χ2n) is 4.63. The molecule has 0 saturated carbocycles. The number of carbonyl (C=O) groups excluding carboxylic acids is 1. The van der Waals surface area contributed by atoms with Gasteiger partial charge in [-0.25, -0.2) is 0 Å². The molecule has 1 saturated heterocycles. The molecule has 1 unspecified atom stereocenters. The zero-order chi connectivity index (χ0) is 11.9. The van der Waals surface area contributed by atoms with E-state index in [1.54, 1.807) is 0 Å². The van der Waals surface area contributed by atoms with E-state index < -0.39 is 0 Å². The van der Waals surface area contributed by atoms with Crippen molar-refractivity contribution in [3.63, 3.8) is 0 Å². The molecule has 0 spiro atoms. The number of anilines is 2. The van der Waals surface area contributed by atoms with Crippen molar-refractivity contribution in [2.24, 2.45) is 0 Å². The Morgan fingerprint density at radius 2 is 2.06 bits per heavy atom. The molecule has 1 aliphatic rings. The Morgan fingerprint density at radius 1 is 1.38 bits per heavy atom. The monoisotopic (exact) mass is 218 g/mol. The lowest BCUT2D eigenvalue weighted by Gasteiger charge is -2.23. The van der Waals surface area contributed by atoms with Crippen LogP contribution in [0.4, 0.5) is 11.4 Å². The number of hydrogen-bond acceptors (Lipinski definition) is 2. The van der Waals surface area contributed by atoms with E-state index in [0.717, 1.165) is 28.9 Å². The molecule has 1 amide bonds. The molecular weight excluding hydrogens is 200 g/mol. The van der Waals surface area contributed by atoms with Crippen molar-refractivity contribution in [2.75, 3.05) is 10.6 Å². The minimum atomic E-state index is 0.204. The third kappa shape index (κ3) is 1.66. The van der Waals surface area contributed by atoms with Gasteiger partial charge in [0.1, 0.15) is 0 Å². The summed E-state index contributed by atoms with van der Waals surface area (Å²) in [5.74, 6) is 0.204. The molecular formula is C13H18N2O. The molecule has 16 heavy (non-hydrogen) atoms. The largest absolute Gasteiger partial charge is 0.398 e. The van der Waals surface area contributed by atoms with Gasteiger partial charge in [0.25, 0.3) is 0 Å². The fourth-order valence-corrected chi connectivity index (χ4v) is 2.23. The van der Waals surface area contributed by atoms with Gasteiger partial charge in [0.05, 0.1) is 0 Å². The van der Waals surface area contributed by atoms with E-state index in [-0.39, 0.29) is 11.9 Å². The summed E-state index contributed by atoms with van der Waals surface area (Å²) in [7, 11) is 0. The van der Waals surface area contributed by atoms with Gasteiger partial charge in [0.2, 0.25) is 5.91 Å². The van der Waals surface area contributed by atoms with Crippen LogP contribution < -0.4 is 10.6 Å². The summed E-state index contributed by atoms with van der Waals surface area (Å²) in [4.78, 5) is 13.6. The van der Waals surface area contributed by atoms with Crippen LogP contribution in [0.5, 0.6) is 0 Å². The Bertz CT molecular complexity index is 417. The number of nitrogens with two attached hydrogens (primary N) is 1. The predicted octanol–water partition coefficient (Wildman–Crippen LogP) is 2.40. The SMILES string of the molecule is Cc1cc(N2C(=O)CCC2C)cc(N)c1C. The molecule has 0 aromatic heterocycles. The Labute approximate surface area is 96.2 Å². The highest BCUT2D eigenvalue weighted by Gasteiger charge is 2.29. The van der Waals surface area contributed by atoms with Gasteiger partial charge >= 0.3 is 0 Å². The third-order valence-corrected chi connectivity index (χ3v) is 3.46. The van der Waals surface area contributed by atoms with Crippen LogP contribution in [0.3, 0.4) is 0 Å². The van der Waals surface area contributed by atoms with Crippen molar-refractivity contribution >= 4 is 17.3 Å². The minimum absolute atomic E-state index is 0.204. The van der Waals surface area contributed by atoms with E-state index in [1.165, 1.54) is 0 Å². The van der Waals surface area contributed by atoms with Gasteiger partial charge < -0.3 is 10.6 Å². The maximum Gasteiger partial charge on any atom is 0.227 e. The lowest BCUT2D eigenvalue weighted by Crippen LogP contribution is -2.30. The number of nitrogen functional groups attached to an aromatic ring is 1. The van der Waals surface area contributed by atoms with Crippen LogP contribution >= 0.6 is 0 Å². The number of aryl methyl sites for hydroxylation is 1. The number of nitrogens with zero attached hydrogens (tertiary/aromatic N) is 1. The molecule has 1 aromatic rings. The molecule has 0 aliphatic carbocycles. The van der Waals surface area contributed by atoms with E-state index >= 15 is 0 Å². The minimum Gasteiger partial charge on any atom is -0.398 e. The summed E-state index contributed by atoms with van der Waals surface area (Å²) < 4.78 is 0. The first-order valence-corrected chi connectivity index (χ1v) is 5.69. The normalized spacial score (nSPS) is 20.6. The molecule has 2 rings (SSSR count). The van der Waals surface area contributed by atoms with E-state index in [0.29, 0.717) is 6.42 Å². The van der Waals surface area contributed by atoms with Crippen LogP contribution in [0, 0.1) is 13.8 Å². The second-order valence-corrected chi connectivity index (χ2v) is 4.63. The zero-order valence-corrected chi connectivity index (χ0v) is 10.1. The van der Waals surface area contributed by atoms with Crippen LogP contribution in [0.2, 0.25) is 0 Å². The quantitative estimate of drug-likeness (QED) is 0.736. The topological polar surface area (TPSA) is 46.3 Å². The molecule has 1 fully saturated rings. The fourth-order valence-electron chi connectivity index (χ4n) is 2.23. The summed E-state index contributed by atoms with van der Waals surface area (Å²) in [5.41, 5.74) is 9.89. The second kappa shape index (κ2) is 3.81. The van der Waals surface area contributed by atoms with Gasteiger partial charge in [0, 0.05) is 23.8 Å². The van der Waals surface area contributed by atoms with Crippen molar-refractivity contribution in [1.82, 2.24) is 0 Å². The van der Waals surface area contributed by atoms with Gasteiger partial charge in [-0.15, -0.1) is 0 Å². The van der Waals surface area contributed by atoms with Crippen molar-refractivity contribution in [3.05, 3.63) is 23.3 Å². The van der Waals surface area contributed by atoms with Crippen molar-refractivity contribution in [2.45, 2.75) is 39.7 Å². The summed E-state index contributed by atoms with van der Waals surface area (Å²) in [6, 6.07) is 4.24. The van der Waals surface area contributed by atoms with Crippen LogP contribution in [-0.4, -0.2) is 11.9 Å². The lowest BCUT2D eigenvalue weighted by molar-refractivity contribution is -0.117. The highest BCUT2D eigenvalue weighted by molar-refractivity contribution is 5.96. The molecule has 1 aliphatic heterocycles. The van der Waals surface area contributed by atoms with Crippen molar-refractivity contribution < 1.29 is 4.79 Å². The first-order chi connectivity index (χ1) is 7.50. The number of benzene rings is 1. The summed E-state index contributed by atoms with van der Waals surface area (Å²) in [6.45, 7) is 6.11. The Morgan fingerprint density at radius 3 is 2.56 bits per heavy atom. The van der Waals surface area contributed by atoms with Crippen molar-refractivity contribution in [1.29, 1.82) is 0 Å². The third-order valence-electron chi connectivity index (χ3n) is 3.46. The van der Waals surface area contributed by atoms with Crippen LogP contribution in [0.25, 0.3) is 0 Å². The first kappa shape index (κ1) is 11.0. The smallest absolute Gasteiger partial charge is 0.227 e. The first-order valence-electron chi connectivity index (χ1n) is 5.69. The molecule has 3 nitrogen and oxygen atoms in total. The molecule has 0 bridgehead atoms. The van der Waals surface area contributed by atoms with E-state index in [4.69, 9.17) is 5.73 Å². The number of rotatable bonds is 1. The molecule has 3 heteroatoms. The predicted molar refractivity (Wildman–Crippen MR) is 66.5 cm³/mol. The van der Waals surface area contributed by atoms with E-state index in [2.05, 4.69) is 6.92 Å². The number of carbonyl (C=O) groups is 1. The Balaban J connectivity index is 2.44. The van der Waals surface area contributed by atoms with Gasteiger partial charge in [0.15, 0.2) is 0 Å². The summed E-state index contributed by atoms with van der Waals surface area (Å²) in [6.07, 6.45) is 1.58. The Kier molecular flexibility index (Phi) is 2.62. The van der Waals surface area contributed by atoms with Gasteiger partial charge in [-0.05, 0) is 50.5 Å². The molecule has 86 valence electrons. The van der Waals surface area contributed by atoms with Gasteiger partial charge in [-0.3, -0.25) is 4.79 Å². The Hall–Kier alpha value is -1.51. The molecule has 1 aromatic carbocycles. The molecule has 1 atom stereocenters. The summed E-state index contributed by atoms with van der Waals surface area (Å²) >= 11 is 0. The fraction of sp³-hybridized carbons (Fsp3) is 0.462. The zero-order valence-electron chi connectivity index (χ0n) is 10.1. The van der Waals surface area contributed by atoms with Crippen molar-refractivity contribution in [3.8, 4) is 0 Å². The maximum absolute atomic E-state index is 11.8. The lowest BCUT2D eigenvalue weighted by atomic mass is 10.1. The van der Waals surface area contributed by atoms with Crippen LogP contribution in [0.1, 0.15) is 30.9 Å². The maximum atomic E-state index is 11.8. The highest BCUT2D eigenvalue weighted by Crippen LogP contribution is 2.30.